The summed E-state index contributed by atoms with van der Waals surface area (Å²) in [4.78, 5) is 28.0. The largest absolute Gasteiger partial charge is 0.497 e. The minimum Gasteiger partial charge on any atom is -0.497 e. The summed E-state index contributed by atoms with van der Waals surface area (Å²) in [6, 6.07) is 14.7. The third-order valence-corrected chi connectivity index (χ3v) is 6.03. The summed E-state index contributed by atoms with van der Waals surface area (Å²) in [6.45, 7) is 10.2. The number of alkyl carbamates (subject to hydrolysis) is 1. The zero-order valence-corrected chi connectivity index (χ0v) is 22.0. The van der Waals surface area contributed by atoms with Gasteiger partial charge in [-0.2, -0.15) is 0 Å². The van der Waals surface area contributed by atoms with Crippen molar-refractivity contribution in [2.45, 2.75) is 58.3 Å². The van der Waals surface area contributed by atoms with Crippen molar-refractivity contribution in [1.29, 1.82) is 0 Å². The molecule has 36 heavy (non-hydrogen) atoms. The summed E-state index contributed by atoms with van der Waals surface area (Å²) < 4.78 is 16.9. The van der Waals surface area contributed by atoms with Crippen molar-refractivity contribution in [3.8, 4) is 17.6 Å². The average molecular weight is 493 g/mol. The number of carbonyl (C=O) groups excluding carboxylic acids is 2. The molecule has 0 spiro atoms. The number of hydrogen-bond acceptors (Lipinski definition) is 5. The van der Waals surface area contributed by atoms with Crippen molar-refractivity contribution in [2.75, 3.05) is 26.8 Å². The summed E-state index contributed by atoms with van der Waals surface area (Å²) in [5.41, 5.74) is 1.71. The highest BCUT2D eigenvalue weighted by atomic mass is 16.6. The van der Waals surface area contributed by atoms with Gasteiger partial charge in [-0.15, -0.1) is 5.92 Å². The normalized spacial score (nSPS) is 15.1. The van der Waals surface area contributed by atoms with E-state index in [1.54, 1.807) is 39.7 Å². The fourth-order valence-electron chi connectivity index (χ4n) is 4.26. The van der Waals surface area contributed by atoms with Gasteiger partial charge in [0.05, 0.1) is 20.2 Å². The van der Waals surface area contributed by atoms with Gasteiger partial charge in [0.2, 0.25) is 5.91 Å². The number of hydrogen-bond donors (Lipinski definition) is 1. The molecule has 0 bridgehead atoms. The highest BCUT2D eigenvalue weighted by molar-refractivity contribution is 5.87. The van der Waals surface area contributed by atoms with Gasteiger partial charge in [-0.1, -0.05) is 42.3 Å². The molecule has 7 heteroatoms. The Balaban J connectivity index is 1.80. The Hall–Kier alpha value is -3.50. The molecule has 2 aromatic rings. The lowest BCUT2D eigenvalue weighted by Gasteiger charge is -2.51. The van der Waals surface area contributed by atoms with Gasteiger partial charge >= 0.3 is 6.09 Å². The summed E-state index contributed by atoms with van der Waals surface area (Å²) >= 11 is 0. The van der Waals surface area contributed by atoms with Gasteiger partial charge in [0.1, 0.15) is 29.6 Å². The van der Waals surface area contributed by atoms with E-state index in [4.69, 9.17) is 14.2 Å². The van der Waals surface area contributed by atoms with Gasteiger partial charge in [0.15, 0.2) is 0 Å². The van der Waals surface area contributed by atoms with Gasteiger partial charge in [-0.25, -0.2) is 4.79 Å². The van der Waals surface area contributed by atoms with E-state index in [2.05, 4.69) is 17.2 Å². The van der Waals surface area contributed by atoms with Crippen molar-refractivity contribution in [3.63, 3.8) is 0 Å². The molecule has 0 radical (unpaired) electrons. The Morgan fingerprint density at radius 2 is 1.78 bits per heavy atom. The van der Waals surface area contributed by atoms with Crippen LogP contribution in [0.4, 0.5) is 4.79 Å². The van der Waals surface area contributed by atoms with Crippen LogP contribution in [0.25, 0.3) is 0 Å². The van der Waals surface area contributed by atoms with E-state index in [0.29, 0.717) is 19.5 Å². The van der Waals surface area contributed by atoms with Gasteiger partial charge in [-0.05, 0) is 63.4 Å². The maximum absolute atomic E-state index is 13.6. The van der Waals surface area contributed by atoms with Crippen LogP contribution < -0.4 is 10.1 Å². The van der Waals surface area contributed by atoms with E-state index in [9.17, 15) is 9.59 Å². The standard InChI is InChI=1S/C29H36N2O5/c1-7-8-17-35-29(24-12-10-9-11-21(24)2)19-31(20-29)26(32)25(30-27(33)36-28(3,4)5)18-22-13-15-23(34-6)16-14-22/h9-16,25H,17-20H2,1-6H3,(H,30,33)/t25-/m1/s1. The Kier molecular flexibility index (Phi) is 8.65. The Labute approximate surface area is 214 Å². The van der Waals surface area contributed by atoms with Gasteiger partial charge in [-0.3, -0.25) is 4.79 Å². The molecule has 192 valence electrons. The van der Waals surface area contributed by atoms with Crippen LogP contribution in [0, 0.1) is 18.8 Å². The van der Waals surface area contributed by atoms with E-state index < -0.39 is 23.3 Å². The molecule has 2 amide bonds. The molecule has 1 heterocycles. The molecule has 1 saturated heterocycles. The predicted octanol–water partition coefficient (Wildman–Crippen LogP) is 4.22. The summed E-state index contributed by atoms with van der Waals surface area (Å²) in [5, 5.41) is 2.78. The average Bonchev–Trinajstić information content (AvgIpc) is 2.80. The zero-order valence-electron chi connectivity index (χ0n) is 22.0. The van der Waals surface area contributed by atoms with Crippen molar-refractivity contribution in [2.24, 2.45) is 0 Å². The van der Waals surface area contributed by atoms with E-state index in [1.165, 1.54) is 0 Å². The molecule has 0 aliphatic carbocycles. The van der Waals surface area contributed by atoms with Crippen molar-refractivity contribution < 1.29 is 23.8 Å². The Morgan fingerprint density at radius 1 is 1.11 bits per heavy atom. The maximum Gasteiger partial charge on any atom is 0.408 e. The number of aryl methyl sites for hydroxylation is 1. The van der Waals surface area contributed by atoms with E-state index in [0.717, 1.165) is 22.4 Å². The minimum absolute atomic E-state index is 0.189. The van der Waals surface area contributed by atoms with E-state index in [-0.39, 0.29) is 12.5 Å². The van der Waals surface area contributed by atoms with Crippen molar-refractivity contribution in [3.05, 3.63) is 65.2 Å². The van der Waals surface area contributed by atoms with Gasteiger partial charge < -0.3 is 24.4 Å². The fourth-order valence-corrected chi connectivity index (χ4v) is 4.26. The second kappa shape index (κ2) is 11.5. The summed E-state index contributed by atoms with van der Waals surface area (Å²) in [6.07, 6.45) is -0.313. The minimum atomic E-state index is -0.793. The summed E-state index contributed by atoms with van der Waals surface area (Å²) in [7, 11) is 1.60. The molecule has 1 fully saturated rings. The highest BCUT2D eigenvalue weighted by Crippen LogP contribution is 2.38. The van der Waals surface area contributed by atoms with Crippen LogP contribution in [-0.4, -0.2) is 55.3 Å². The van der Waals surface area contributed by atoms with Gasteiger partial charge in [0, 0.05) is 6.42 Å². The molecule has 0 unspecified atom stereocenters. The molecule has 1 aliphatic rings. The smallest absolute Gasteiger partial charge is 0.408 e. The first kappa shape index (κ1) is 27.1. The van der Waals surface area contributed by atoms with Crippen LogP contribution in [0.5, 0.6) is 5.75 Å². The molecular formula is C29H36N2O5. The Bertz CT molecular complexity index is 1120. The molecular weight excluding hydrogens is 456 g/mol. The number of methoxy groups -OCH3 is 1. The fraction of sp³-hybridized carbons (Fsp3) is 0.448. The molecule has 1 N–H and O–H groups in total. The SMILES string of the molecule is CC#CCOC1(c2ccccc2C)CN(C(=O)[C@@H](Cc2ccc(OC)cc2)NC(=O)OC(C)(C)C)C1. The number of nitrogens with zero attached hydrogens (tertiary/aromatic N) is 1. The first-order chi connectivity index (χ1) is 17.1. The number of likely N-dealkylation sites (tertiary alicyclic amines) is 1. The number of rotatable bonds is 8. The van der Waals surface area contributed by atoms with Crippen LogP contribution in [0.2, 0.25) is 0 Å². The van der Waals surface area contributed by atoms with Crippen LogP contribution in [-0.2, 0) is 26.3 Å². The predicted molar refractivity (Wildman–Crippen MR) is 139 cm³/mol. The zero-order chi connectivity index (χ0) is 26.3. The second-order valence-electron chi connectivity index (χ2n) is 9.97. The molecule has 1 aliphatic heterocycles. The van der Waals surface area contributed by atoms with Crippen LogP contribution >= 0.6 is 0 Å². The monoisotopic (exact) mass is 492 g/mol. The molecule has 0 aromatic heterocycles. The molecule has 3 rings (SSSR count). The maximum atomic E-state index is 13.6. The number of amides is 2. The number of benzene rings is 2. The summed E-state index contributed by atoms with van der Waals surface area (Å²) in [5.74, 6) is 6.35. The van der Waals surface area contributed by atoms with Crippen LogP contribution in [0.15, 0.2) is 48.5 Å². The highest BCUT2D eigenvalue weighted by Gasteiger charge is 2.49. The van der Waals surface area contributed by atoms with Gasteiger partial charge in [0.25, 0.3) is 0 Å². The number of ether oxygens (including phenoxy) is 3. The van der Waals surface area contributed by atoms with E-state index >= 15 is 0 Å². The number of carbonyl (C=O) groups is 2. The quantitative estimate of drug-likeness (QED) is 0.559. The second-order valence-corrected chi connectivity index (χ2v) is 9.97. The first-order valence-corrected chi connectivity index (χ1v) is 12.1. The molecule has 7 nitrogen and oxygen atoms in total. The van der Waals surface area contributed by atoms with Crippen molar-refractivity contribution >= 4 is 12.0 Å². The van der Waals surface area contributed by atoms with E-state index in [1.807, 2.05) is 55.5 Å². The first-order valence-electron chi connectivity index (χ1n) is 12.1. The van der Waals surface area contributed by atoms with Crippen LogP contribution in [0.1, 0.15) is 44.4 Å². The molecule has 1 atom stereocenters. The topological polar surface area (TPSA) is 77.1 Å². The molecule has 0 saturated carbocycles. The third kappa shape index (κ3) is 6.79. The molecule has 2 aromatic carbocycles. The van der Waals surface area contributed by atoms with Crippen molar-refractivity contribution in [1.82, 2.24) is 10.2 Å². The number of nitrogens with one attached hydrogen (secondary N) is 1. The Morgan fingerprint density at radius 3 is 2.36 bits per heavy atom. The third-order valence-electron chi connectivity index (χ3n) is 6.03. The lowest BCUT2D eigenvalue weighted by atomic mass is 9.82. The van der Waals surface area contributed by atoms with Crippen LogP contribution in [0.3, 0.4) is 0 Å². The lowest BCUT2D eigenvalue weighted by Crippen LogP contribution is -2.66. The lowest BCUT2D eigenvalue weighted by molar-refractivity contribution is -0.170.